The zero-order chi connectivity index (χ0) is 8.43. The Labute approximate surface area is 73.4 Å². The smallest absolute Gasteiger partial charge is 0.111 e. The maximum absolute atomic E-state index is 4.95. The van der Waals surface area contributed by atoms with Crippen LogP contribution in [0.4, 0.5) is 0 Å². The number of rotatable bonds is 2. The van der Waals surface area contributed by atoms with Crippen LogP contribution >= 0.6 is 15.9 Å². The fourth-order valence-electron chi connectivity index (χ4n) is 0.916. The molecule has 0 aromatic carbocycles. The van der Waals surface area contributed by atoms with Gasteiger partial charge in [0.15, 0.2) is 0 Å². The SMILES string of the molecule is Cc1nn(C)c(CON)c1Br. The van der Waals surface area contributed by atoms with Gasteiger partial charge in [0.05, 0.1) is 15.9 Å². The molecule has 1 aromatic rings. The molecule has 0 saturated carbocycles. The van der Waals surface area contributed by atoms with E-state index in [9.17, 15) is 0 Å². The number of aryl methyl sites for hydroxylation is 2. The van der Waals surface area contributed by atoms with Gasteiger partial charge in [0, 0.05) is 7.05 Å². The number of nitrogens with two attached hydrogens (primary N) is 1. The summed E-state index contributed by atoms with van der Waals surface area (Å²) in [5, 5.41) is 4.16. The molecule has 0 unspecified atom stereocenters. The van der Waals surface area contributed by atoms with Crippen molar-refractivity contribution < 1.29 is 4.84 Å². The van der Waals surface area contributed by atoms with Crippen LogP contribution in [0.2, 0.25) is 0 Å². The van der Waals surface area contributed by atoms with Gasteiger partial charge in [0.25, 0.3) is 0 Å². The summed E-state index contributed by atoms with van der Waals surface area (Å²) in [5.74, 6) is 4.95. The lowest BCUT2D eigenvalue weighted by atomic mass is 10.4. The van der Waals surface area contributed by atoms with E-state index in [1.54, 1.807) is 4.68 Å². The van der Waals surface area contributed by atoms with Crippen LogP contribution in [0.25, 0.3) is 0 Å². The van der Waals surface area contributed by atoms with E-state index in [1.807, 2.05) is 14.0 Å². The van der Waals surface area contributed by atoms with Crippen molar-refractivity contribution in [3.8, 4) is 0 Å². The minimum atomic E-state index is 0.373. The van der Waals surface area contributed by atoms with Crippen LogP contribution in [-0.2, 0) is 18.5 Å². The average molecular weight is 220 g/mol. The normalized spacial score (nSPS) is 10.5. The van der Waals surface area contributed by atoms with E-state index in [2.05, 4.69) is 25.9 Å². The maximum atomic E-state index is 4.95. The fourth-order valence-corrected chi connectivity index (χ4v) is 1.37. The van der Waals surface area contributed by atoms with Gasteiger partial charge in [0.2, 0.25) is 0 Å². The molecule has 1 heterocycles. The lowest BCUT2D eigenvalue weighted by Gasteiger charge is -1.98. The zero-order valence-electron chi connectivity index (χ0n) is 6.47. The highest BCUT2D eigenvalue weighted by molar-refractivity contribution is 9.10. The van der Waals surface area contributed by atoms with Crippen LogP contribution in [0.15, 0.2) is 4.47 Å². The molecule has 1 rings (SSSR count). The summed E-state index contributed by atoms with van der Waals surface area (Å²) in [5.41, 5.74) is 1.89. The quantitative estimate of drug-likeness (QED) is 0.752. The fraction of sp³-hybridized carbons (Fsp3) is 0.500. The van der Waals surface area contributed by atoms with Crippen molar-refractivity contribution in [2.24, 2.45) is 12.9 Å². The van der Waals surface area contributed by atoms with Crippen molar-refractivity contribution in [1.82, 2.24) is 9.78 Å². The Hall–Kier alpha value is -0.390. The van der Waals surface area contributed by atoms with Crippen molar-refractivity contribution in [2.75, 3.05) is 0 Å². The van der Waals surface area contributed by atoms with Gasteiger partial charge in [-0.25, -0.2) is 5.90 Å². The molecule has 0 aliphatic heterocycles. The summed E-state index contributed by atoms with van der Waals surface area (Å²) in [6.07, 6.45) is 0. The highest BCUT2D eigenvalue weighted by Gasteiger charge is 2.09. The molecule has 0 aliphatic rings. The molecule has 0 saturated heterocycles. The van der Waals surface area contributed by atoms with Crippen LogP contribution in [0.3, 0.4) is 0 Å². The molecule has 0 bridgehead atoms. The Bertz CT molecular complexity index is 259. The van der Waals surface area contributed by atoms with Crippen LogP contribution in [-0.4, -0.2) is 9.78 Å². The summed E-state index contributed by atoms with van der Waals surface area (Å²) in [4.78, 5) is 4.51. The lowest BCUT2D eigenvalue weighted by molar-refractivity contribution is 0.118. The molecule has 62 valence electrons. The third-order valence-corrected chi connectivity index (χ3v) is 2.51. The third kappa shape index (κ3) is 1.61. The number of hydrogen-bond donors (Lipinski definition) is 1. The molecule has 0 aliphatic carbocycles. The predicted molar refractivity (Wildman–Crippen MR) is 44.6 cm³/mol. The summed E-state index contributed by atoms with van der Waals surface area (Å²) in [6.45, 7) is 2.29. The van der Waals surface area contributed by atoms with Gasteiger partial charge in [-0.15, -0.1) is 0 Å². The zero-order valence-corrected chi connectivity index (χ0v) is 8.05. The van der Waals surface area contributed by atoms with Crippen molar-refractivity contribution in [2.45, 2.75) is 13.5 Å². The lowest BCUT2D eigenvalue weighted by Crippen LogP contribution is -2.04. The molecule has 0 atom stereocenters. The van der Waals surface area contributed by atoms with Crippen molar-refractivity contribution in [3.63, 3.8) is 0 Å². The van der Waals surface area contributed by atoms with E-state index in [1.165, 1.54) is 0 Å². The van der Waals surface area contributed by atoms with Crippen molar-refractivity contribution in [1.29, 1.82) is 0 Å². The predicted octanol–water partition coefficient (Wildman–Crippen LogP) is 0.881. The summed E-state index contributed by atoms with van der Waals surface area (Å²) in [7, 11) is 1.85. The van der Waals surface area contributed by atoms with E-state index >= 15 is 0 Å². The minimum Gasteiger partial charge on any atom is -0.298 e. The molecule has 2 N–H and O–H groups in total. The molecule has 0 fully saturated rings. The Morgan fingerprint density at radius 1 is 1.73 bits per heavy atom. The standard InChI is InChI=1S/C6H10BrN3O/c1-4-6(7)5(3-11-8)10(2)9-4/h3,8H2,1-2H3. The first kappa shape index (κ1) is 8.70. The van der Waals surface area contributed by atoms with E-state index in [4.69, 9.17) is 5.90 Å². The molecule has 0 radical (unpaired) electrons. The first-order chi connectivity index (χ1) is 5.16. The number of hydrogen-bond acceptors (Lipinski definition) is 3. The molecule has 0 spiro atoms. The Balaban J connectivity index is 3.02. The summed E-state index contributed by atoms with van der Waals surface area (Å²) >= 11 is 3.38. The van der Waals surface area contributed by atoms with Gasteiger partial charge in [-0.3, -0.25) is 9.52 Å². The van der Waals surface area contributed by atoms with Crippen LogP contribution in [0.5, 0.6) is 0 Å². The third-order valence-electron chi connectivity index (χ3n) is 1.48. The number of halogens is 1. The molecule has 0 amide bonds. The minimum absolute atomic E-state index is 0.373. The molecular weight excluding hydrogens is 210 g/mol. The first-order valence-corrected chi connectivity index (χ1v) is 3.95. The number of aromatic nitrogens is 2. The van der Waals surface area contributed by atoms with Gasteiger partial charge in [-0.2, -0.15) is 5.10 Å². The van der Waals surface area contributed by atoms with Gasteiger partial charge in [0.1, 0.15) is 6.61 Å². The first-order valence-electron chi connectivity index (χ1n) is 3.16. The average Bonchev–Trinajstić information content (AvgIpc) is 2.17. The van der Waals surface area contributed by atoms with Gasteiger partial charge in [-0.1, -0.05) is 0 Å². The highest BCUT2D eigenvalue weighted by atomic mass is 79.9. The van der Waals surface area contributed by atoms with Gasteiger partial charge >= 0.3 is 0 Å². The summed E-state index contributed by atoms with van der Waals surface area (Å²) in [6, 6.07) is 0. The molecule has 4 nitrogen and oxygen atoms in total. The summed E-state index contributed by atoms with van der Waals surface area (Å²) < 4.78 is 2.71. The van der Waals surface area contributed by atoms with Crippen molar-refractivity contribution in [3.05, 3.63) is 15.9 Å². The van der Waals surface area contributed by atoms with E-state index in [0.29, 0.717) is 6.61 Å². The van der Waals surface area contributed by atoms with Crippen molar-refractivity contribution >= 4 is 15.9 Å². The molecular formula is C6H10BrN3O. The second-order valence-corrected chi connectivity index (χ2v) is 3.07. The number of nitrogens with zero attached hydrogens (tertiary/aromatic N) is 2. The van der Waals surface area contributed by atoms with E-state index < -0.39 is 0 Å². The molecule has 1 aromatic heterocycles. The second kappa shape index (κ2) is 3.34. The molecule has 5 heteroatoms. The Morgan fingerprint density at radius 2 is 2.36 bits per heavy atom. The van der Waals surface area contributed by atoms with Gasteiger partial charge in [-0.05, 0) is 22.9 Å². The second-order valence-electron chi connectivity index (χ2n) is 2.28. The largest absolute Gasteiger partial charge is 0.298 e. The van der Waals surface area contributed by atoms with Gasteiger partial charge < -0.3 is 0 Å². The van der Waals surface area contributed by atoms with Crippen LogP contribution in [0, 0.1) is 6.92 Å². The molecule has 11 heavy (non-hydrogen) atoms. The Morgan fingerprint density at radius 3 is 2.73 bits per heavy atom. The Kier molecular flexibility index (Phi) is 2.64. The maximum Gasteiger partial charge on any atom is 0.111 e. The monoisotopic (exact) mass is 219 g/mol. The van der Waals surface area contributed by atoms with E-state index in [0.717, 1.165) is 15.9 Å². The van der Waals surface area contributed by atoms with Crippen LogP contribution in [0.1, 0.15) is 11.4 Å². The van der Waals surface area contributed by atoms with Crippen LogP contribution < -0.4 is 5.90 Å². The van der Waals surface area contributed by atoms with E-state index in [-0.39, 0.29) is 0 Å². The highest BCUT2D eigenvalue weighted by Crippen LogP contribution is 2.20. The topological polar surface area (TPSA) is 53.1 Å².